The van der Waals surface area contributed by atoms with Crippen molar-refractivity contribution in [1.82, 2.24) is 0 Å². The molecule has 0 aromatic heterocycles. The van der Waals surface area contributed by atoms with Crippen LogP contribution in [-0.2, 0) is 35.0 Å². The van der Waals surface area contributed by atoms with Crippen LogP contribution in [0.2, 0.25) is 0 Å². The molecule has 5 rings (SSSR count). The van der Waals surface area contributed by atoms with Crippen LogP contribution in [0.15, 0.2) is 86.4 Å². The van der Waals surface area contributed by atoms with Gasteiger partial charge in [-0.05, 0) is 116 Å². The third-order valence-electron chi connectivity index (χ3n) is 9.59. The molecule has 0 N–H and O–H groups in total. The summed E-state index contributed by atoms with van der Waals surface area (Å²) in [7, 11) is 0. The van der Waals surface area contributed by atoms with Gasteiger partial charge in [0.05, 0.1) is 50.5 Å². The summed E-state index contributed by atoms with van der Waals surface area (Å²) < 4.78 is 34.5. The van der Waals surface area contributed by atoms with Gasteiger partial charge in [0, 0.05) is 12.8 Å². The molecule has 2 aromatic carbocycles. The second kappa shape index (κ2) is 18.0. The fourth-order valence-electron chi connectivity index (χ4n) is 6.76. The summed E-state index contributed by atoms with van der Waals surface area (Å²) in [5.74, 6) is 1.66. The van der Waals surface area contributed by atoms with Crippen molar-refractivity contribution >= 4 is 11.9 Å². The van der Waals surface area contributed by atoms with Gasteiger partial charge in [-0.3, -0.25) is 9.59 Å². The predicted molar refractivity (Wildman–Crippen MR) is 189 cm³/mol. The van der Waals surface area contributed by atoms with Crippen molar-refractivity contribution in [2.24, 2.45) is 11.8 Å². The number of carbonyl (C=O) groups is 2. The van der Waals surface area contributed by atoms with Crippen molar-refractivity contribution < 1.29 is 38.0 Å². The molecule has 0 aliphatic heterocycles. The van der Waals surface area contributed by atoms with Gasteiger partial charge in [-0.2, -0.15) is 0 Å². The molecule has 0 amide bonds. The van der Waals surface area contributed by atoms with Gasteiger partial charge in [-0.25, -0.2) is 0 Å². The van der Waals surface area contributed by atoms with Gasteiger partial charge in [0.2, 0.25) is 0 Å². The number of esters is 2. The number of hydrogen-bond acceptors (Lipinski definition) is 8. The molecule has 2 aromatic rings. The van der Waals surface area contributed by atoms with Crippen LogP contribution >= 0.6 is 0 Å². The third kappa shape index (κ3) is 10.4. The molecule has 2 saturated carbocycles. The van der Waals surface area contributed by atoms with Crippen LogP contribution in [0.5, 0.6) is 11.5 Å². The first-order chi connectivity index (χ1) is 23.8. The monoisotopic (exact) mass is 670 g/mol. The van der Waals surface area contributed by atoms with Crippen molar-refractivity contribution in [3.8, 4) is 22.6 Å². The van der Waals surface area contributed by atoms with E-state index in [1.807, 2.05) is 36.4 Å². The Hall–Kier alpha value is -4.14. The van der Waals surface area contributed by atoms with E-state index in [0.717, 1.165) is 86.5 Å². The summed E-state index contributed by atoms with van der Waals surface area (Å²) in [6.45, 7) is 17.1. The predicted octanol–water partition coefficient (Wildman–Crippen LogP) is 8.43. The number of ether oxygens (including phenoxy) is 6. The van der Waals surface area contributed by atoms with E-state index in [9.17, 15) is 9.59 Å². The maximum Gasteiger partial charge on any atom is 0.314 e. The average Bonchev–Trinajstić information content (AvgIpc) is 3.48. The van der Waals surface area contributed by atoms with Crippen molar-refractivity contribution in [2.75, 3.05) is 26.4 Å². The molecule has 49 heavy (non-hydrogen) atoms. The van der Waals surface area contributed by atoms with E-state index in [0.29, 0.717) is 55.9 Å². The fraction of sp³-hybridized carbons (Fsp3) is 0.463. The molecule has 3 aliphatic rings. The number of hydrogen-bond donors (Lipinski definition) is 0. The largest absolute Gasteiger partial charge is 0.494 e. The van der Waals surface area contributed by atoms with Crippen molar-refractivity contribution in [1.29, 1.82) is 0 Å². The smallest absolute Gasteiger partial charge is 0.314 e. The van der Waals surface area contributed by atoms with Gasteiger partial charge in [-0.15, -0.1) is 0 Å². The fourth-order valence-corrected chi connectivity index (χ4v) is 6.76. The lowest BCUT2D eigenvalue weighted by Gasteiger charge is -2.27. The number of rotatable bonds is 18. The topological polar surface area (TPSA) is 89.5 Å². The average molecular weight is 671 g/mol. The normalized spacial score (nSPS) is 21.1. The van der Waals surface area contributed by atoms with Gasteiger partial charge in [0.15, 0.2) is 0 Å². The molecular formula is C41H50O8. The Bertz CT molecular complexity index is 1380. The molecule has 0 saturated heterocycles. The zero-order valence-electron chi connectivity index (χ0n) is 28.6. The third-order valence-corrected chi connectivity index (χ3v) is 9.59. The Balaban J connectivity index is 1.02. The Morgan fingerprint density at radius 2 is 1.02 bits per heavy atom. The minimum atomic E-state index is -0.180. The molecule has 3 aliphatic carbocycles. The van der Waals surface area contributed by atoms with Crippen LogP contribution < -0.4 is 9.47 Å². The lowest BCUT2D eigenvalue weighted by atomic mass is 9.87. The second-order valence-electron chi connectivity index (χ2n) is 13.1. The Kier molecular flexibility index (Phi) is 13.3. The molecule has 262 valence electrons. The maximum absolute atomic E-state index is 13.0. The van der Waals surface area contributed by atoms with Gasteiger partial charge in [-0.1, -0.05) is 38.4 Å². The quantitative estimate of drug-likeness (QED) is 0.0438. The maximum atomic E-state index is 13.0. The summed E-state index contributed by atoms with van der Waals surface area (Å²) in [4.78, 5) is 26.0. The standard InChI is InChI=1S/C41H50O8/c1-5-28(3)44-21-7-23-46-34-13-9-30(10-14-34)40(42)48-36-17-19-38-32(26-36)25-33-27-37(18-20-39(33)38)49-41(43)31-11-15-35(16-12-31)47-24-8-22-45-29(4)6-2/h5-6,17-20,26-27,30-31,34-35H,1-4,7-16,21-25H2. The Morgan fingerprint density at radius 1 is 0.612 bits per heavy atom. The van der Waals surface area contributed by atoms with Crippen LogP contribution in [0.3, 0.4) is 0 Å². The highest BCUT2D eigenvalue weighted by Gasteiger charge is 2.30. The first kappa shape index (κ1) is 36.1. The molecule has 0 radical (unpaired) electrons. The van der Waals surface area contributed by atoms with E-state index in [1.165, 1.54) is 0 Å². The lowest BCUT2D eigenvalue weighted by molar-refractivity contribution is -0.142. The first-order valence-electron chi connectivity index (χ1n) is 17.6. The highest BCUT2D eigenvalue weighted by molar-refractivity contribution is 5.81. The van der Waals surface area contributed by atoms with E-state index in [1.54, 1.807) is 12.2 Å². The highest BCUT2D eigenvalue weighted by Crippen LogP contribution is 2.40. The summed E-state index contributed by atoms with van der Waals surface area (Å²) in [6.07, 6.45) is 12.1. The molecule has 0 spiro atoms. The SMILES string of the molecule is C=CC(=C)OCCCOC1CCC(C(=O)Oc2ccc3c(c2)Cc2cc(OC(=O)C4CCC(OCCCOC(=C)C=C)CC4)ccc2-3)CC1. The summed E-state index contributed by atoms with van der Waals surface area (Å²) in [5.41, 5.74) is 4.41. The van der Waals surface area contributed by atoms with Gasteiger partial charge in [0.25, 0.3) is 0 Å². The van der Waals surface area contributed by atoms with Crippen molar-refractivity contribution in [2.45, 2.75) is 82.8 Å². The molecule has 0 atom stereocenters. The minimum absolute atomic E-state index is 0.127. The molecular weight excluding hydrogens is 620 g/mol. The number of carbonyl (C=O) groups excluding carboxylic acids is 2. The summed E-state index contributed by atoms with van der Waals surface area (Å²) >= 11 is 0. The molecule has 0 unspecified atom stereocenters. The molecule has 8 nitrogen and oxygen atoms in total. The van der Waals surface area contributed by atoms with E-state index >= 15 is 0 Å². The van der Waals surface area contributed by atoms with E-state index in [4.69, 9.17) is 28.4 Å². The van der Waals surface area contributed by atoms with Crippen LogP contribution in [-0.4, -0.2) is 50.6 Å². The number of fused-ring (bicyclic) bond motifs is 3. The van der Waals surface area contributed by atoms with E-state index in [2.05, 4.69) is 26.3 Å². The molecule has 0 bridgehead atoms. The minimum Gasteiger partial charge on any atom is -0.494 e. The van der Waals surface area contributed by atoms with Gasteiger partial charge < -0.3 is 28.4 Å². The van der Waals surface area contributed by atoms with Crippen LogP contribution in [0.25, 0.3) is 11.1 Å². The van der Waals surface area contributed by atoms with Crippen LogP contribution in [0.4, 0.5) is 0 Å². The summed E-state index contributed by atoms with van der Waals surface area (Å²) in [6, 6.07) is 11.7. The zero-order chi connectivity index (χ0) is 34.6. The Labute approximate surface area is 290 Å². The van der Waals surface area contributed by atoms with Crippen LogP contribution in [0, 0.1) is 11.8 Å². The highest BCUT2D eigenvalue weighted by atomic mass is 16.5. The molecule has 8 heteroatoms. The lowest BCUT2D eigenvalue weighted by Crippen LogP contribution is -2.29. The Morgan fingerprint density at radius 3 is 1.41 bits per heavy atom. The van der Waals surface area contributed by atoms with E-state index < -0.39 is 0 Å². The molecule has 2 fully saturated rings. The molecule has 0 heterocycles. The zero-order valence-corrected chi connectivity index (χ0v) is 28.6. The number of benzene rings is 2. The summed E-state index contributed by atoms with van der Waals surface area (Å²) in [5, 5.41) is 0. The van der Waals surface area contributed by atoms with E-state index in [-0.39, 0.29) is 36.0 Å². The second-order valence-corrected chi connectivity index (χ2v) is 13.1. The number of allylic oxidation sites excluding steroid dienone is 2. The van der Waals surface area contributed by atoms with Gasteiger partial charge in [0.1, 0.15) is 23.0 Å². The first-order valence-corrected chi connectivity index (χ1v) is 17.6. The van der Waals surface area contributed by atoms with Crippen LogP contribution in [0.1, 0.15) is 75.3 Å². The van der Waals surface area contributed by atoms with Crippen molar-refractivity contribution in [3.05, 3.63) is 97.5 Å². The van der Waals surface area contributed by atoms with Gasteiger partial charge >= 0.3 is 11.9 Å². The van der Waals surface area contributed by atoms with Crippen molar-refractivity contribution in [3.63, 3.8) is 0 Å².